The van der Waals surface area contributed by atoms with Crippen LogP contribution in [0.15, 0.2) is 91.0 Å². The molecule has 4 aliphatic rings. The van der Waals surface area contributed by atoms with Gasteiger partial charge in [0.15, 0.2) is 0 Å². The highest BCUT2D eigenvalue weighted by molar-refractivity contribution is 5.70. The van der Waals surface area contributed by atoms with Gasteiger partial charge in [0.1, 0.15) is 0 Å². The van der Waals surface area contributed by atoms with Crippen LogP contribution in [0.1, 0.15) is 55.2 Å². The molecule has 7 rings (SSSR count). The van der Waals surface area contributed by atoms with Crippen molar-refractivity contribution < 1.29 is 15.0 Å². The fourth-order valence-electron chi connectivity index (χ4n) is 8.27. The standard InChI is InChI=1S/C31H33NO3/c33-28(34)21-32(29-17-23-16-24(18-29)20-30(35,19-23)22-29)31(25-10-4-1-5-11-25,26-12-6-2-7-13-26)27-14-8-3-9-15-27/h1-15,23-24,35H,16-22H2,(H,33,34). The van der Waals surface area contributed by atoms with Crippen molar-refractivity contribution in [2.75, 3.05) is 6.54 Å². The maximum absolute atomic E-state index is 12.6. The number of hydrogen-bond acceptors (Lipinski definition) is 3. The Balaban J connectivity index is 1.67. The van der Waals surface area contributed by atoms with E-state index in [0.717, 1.165) is 48.8 Å². The highest BCUT2D eigenvalue weighted by atomic mass is 16.4. The first-order valence-electron chi connectivity index (χ1n) is 12.8. The number of carboxylic acid groups (broad SMARTS) is 1. The number of carbonyl (C=O) groups is 1. The Morgan fingerprint density at radius 2 is 1.20 bits per heavy atom. The quantitative estimate of drug-likeness (QED) is 0.454. The Hall–Kier alpha value is -2.95. The third-order valence-electron chi connectivity index (χ3n) is 8.84. The predicted octanol–water partition coefficient (Wildman–Crippen LogP) is 5.45. The molecule has 0 amide bonds. The fraction of sp³-hybridized carbons (Fsp3) is 0.387. The number of nitrogens with zero attached hydrogens (tertiary/aromatic N) is 1. The van der Waals surface area contributed by atoms with Gasteiger partial charge in [-0.25, -0.2) is 0 Å². The van der Waals surface area contributed by atoms with E-state index < -0.39 is 22.6 Å². The summed E-state index contributed by atoms with van der Waals surface area (Å²) in [5.74, 6) is 0.0510. The second-order valence-corrected chi connectivity index (χ2v) is 11.2. The summed E-state index contributed by atoms with van der Waals surface area (Å²) < 4.78 is 0. The molecule has 4 bridgehead atoms. The summed E-state index contributed by atoms with van der Waals surface area (Å²) in [7, 11) is 0. The summed E-state index contributed by atoms with van der Waals surface area (Å²) in [4.78, 5) is 14.9. The number of aliphatic hydroxyl groups is 1. The molecule has 4 fully saturated rings. The third kappa shape index (κ3) is 3.62. The lowest BCUT2D eigenvalue weighted by Crippen LogP contribution is -2.70. The van der Waals surface area contributed by atoms with Crippen molar-refractivity contribution in [3.05, 3.63) is 108 Å². The van der Waals surface area contributed by atoms with E-state index in [1.54, 1.807) is 0 Å². The zero-order chi connectivity index (χ0) is 24.1. The van der Waals surface area contributed by atoms with Crippen molar-refractivity contribution in [3.63, 3.8) is 0 Å². The van der Waals surface area contributed by atoms with Crippen LogP contribution in [0, 0.1) is 11.8 Å². The van der Waals surface area contributed by atoms with Gasteiger partial charge < -0.3 is 10.2 Å². The molecule has 2 N–H and O–H groups in total. The monoisotopic (exact) mass is 467 g/mol. The summed E-state index contributed by atoms with van der Waals surface area (Å²) in [5, 5.41) is 22.0. The van der Waals surface area contributed by atoms with Gasteiger partial charge in [-0.15, -0.1) is 0 Å². The van der Waals surface area contributed by atoms with Crippen LogP contribution in [-0.4, -0.2) is 38.8 Å². The Morgan fingerprint density at radius 1 is 0.771 bits per heavy atom. The summed E-state index contributed by atoms with van der Waals surface area (Å²) in [6, 6.07) is 31.1. The smallest absolute Gasteiger partial charge is 0.317 e. The number of hydrogen-bond donors (Lipinski definition) is 2. The van der Waals surface area contributed by atoms with Gasteiger partial charge in [0.2, 0.25) is 0 Å². The first-order valence-corrected chi connectivity index (χ1v) is 12.8. The number of carboxylic acids is 1. The van der Waals surface area contributed by atoms with E-state index in [1.165, 1.54) is 0 Å². The van der Waals surface area contributed by atoms with Crippen LogP contribution in [0.3, 0.4) is 0 Å². The fourth-order valence-corrected chi connectivity index (χ4v) is 8.27. The van der Waals surface area contributed by atoms with Crippen LogP contribution in [-0.2, 0) is 10.3 Å². The Bertz CT molecular complexity index is 1080. The van der Waals surface area contributed by atoms with Gasteiger partial charge in [0, 0.05) is 5.54 Å². The minimum Gasteiger partial charge on any atom is -0.480 e. The lowest BCUT2D eigenvalue weighted by Gasteiger charge is -2.66. The van der Waals surface area contributed by atoms with Gasteiger partial charge in [-0.2, -0.15) is 0 Å². The van der Waals surface area contributed by atoms with E-state index in [4.69, 9.17) is 0 Å². The van der Waals surface area contributed by atoms with Crippen LogP contribution in [0.5, 0.6) is 0 Å². The average molecular weight is 468 g/mol. The molecule has 4 saturated carbocycles. The molecule has 3 aromatic carbocycles. The maximum atomic E-state index is 12.6. The molecular formula is C31H33NO3. The van der Waals surface area contributed by atoms with Crippen LogP contribution < -0.4 is 0 Å². The molecular weight excluding hydrogens is 434 g/mol. The van der Waals surface area contributed by atoms with E-state index in [2.05, 4.69) is 41.3 Å². The zero-order valence-corrected chi connectivity index (χ0v) is 20.0. The van der Waals surface area contributed by atoms with Crippen molar-refractivity contribution in [2.45, 2.75) is 55.2 Å². The normalized spacial score (nSPS) is 29.4. The molecule has 0 saturated heterocycles. The van der Waals surface area contributed by atoms with Crippen molar-refractivity contribution in [2.24, 2.45) is 11.8 Å². The second-order valence-electron chi connectivity index (χ2n) is 11.2. The first kappa shape index (κ1) is 22.5. The van der Waals surface area contributed by atoms with E-state index in [0.29, 0.717) is 18.3 Å². The molecule has 4 heteroatoms. The largest absolute Gasteiger partial charge is 0.480 e. The van der Waals surface area contributed by atoms with Crippen LogP contribution in [0.2, 0.25) is 0 Å². The number of benzene rings is 3. The first-order chi connectivity index (χ1) is 16.9. The molecule has 180 valence electrons. The van der Waals surface area contributed by atoms with E-state index in [-0.39, 0.29) is 6.54 Å². The summed E-state index contributed by atoms with van der Waals surface area (Å²) in [6.07, 6.45) is 5.36. The van der Waals surface area contributed by atoms with Crippen LogP contribution in [0.4, 0.5) is 0 Å². The molecule has 2 atom stereocenters. The maximum Gasteiger partial charge on any atom is 0.317 e. The molecule has 2 unspecified atom stereocenters. The van der Waals surface area contributed by atoms with Gasteiger partial charge in [-0.1, -0.05) is 91.0 Å². The van der Waals surface area contributed by atoms with Gasteiger partial charge >= 0.3 is 5.97 Å². The molecule has 0 aliphatic heterocycles. The SMILES string of the molecule is O=C(O)CN(C12CC3CC(CC(O)(C3)C1)C2)C(c1ccccc1)(c1ccccc1)c1ccccc1. The summed E-state index contributed by atoms with van der Waals surface area (Å²) in [5.41, 5.74) is 1.28. The van der Waals surface area contributed by atoms with Crippen LogP contribution >= 0.6 is 0 Å². The van der Waals surface area contributed by atoms with Crippen LogP contribution in [0.25, 0.3) is 0 Å². The van der Waals surface area contributed by atoms with E-state index in [9.17, 15) is 15.0 Å². The molecule has 4 aliphatic carbocycles. The lowest BCUT2D eigenvalue weighted by molar-refractivity contribution is -0.192. The number of aliphatic carboxylic acids is 1. The zero-order valence-electron chi connectivity index (χ0n) is 20.0. The highest BCUT2D eigenvalue weighted by Crippen LogP contribution is 2.62. The average Bonchev–Trinajstić information content (AvgIpc) is 2.84. The van der Waals surface area contributed by atoms with Crippen molar-refractivity contribution in [3.8, 4) is 0 Å². The van der Waals surface area contributed by atoms with E-state index in [1.807, 2.05) is 54.6 Å². The lowest BCUT2D eigenvalue weighted by atomic mass is 9.49. The Morgan fingerprint density at radius 3 is 1.57 bits per heavy atom. The van der Waals surface area contributed by atoms with Gasteiger partial charge in [-0.3, -0.25) is 9.69 Å². The second kappa shape index (κ2) is 8.32. The molecule has 0 aromatic heterocycles. The third-order valence-corrected chi connectivity index (χ3v) is 8.84. The predicted molar refractivity (Wildman–Crippen MR) is 136 cm³/mol. The topological polar surface area (TPSA) is 60.8 Å². The van der Waals surface area contributed by atoms with Crippen molar-refractivity contribution >= 4 is 5.97 Å². The van der Waals surface area contributed by atoms with Gasteiger partial charge in [0.25, 0.3) is 0 Å². The van der Waals surface area contributed by atoms with Gasteiger partial charge in [0.05, 0.1) is 17.7 Å². The van der Waals surface area contributed by atoms with Gasteiger partial charge in [-0.05, 0) is 67.1 Å². The van der Waals surface area contributed by atoms with E-state index >= 15 is 0 Å². The number of rotatable bonds is 7. The molecule has 4 nitrogen and oxygen atoms in total. The molecule has 0 heterocycles. The minimum absolute atomic E-state index is 0.0891. The summed E-state index contributed by atoms with van der Waals surface area (Å²) in [6.45, 7) is -0.0891. The molecule has 0 spiro atoms. The molecule has 35 heavy (non-hydrogen) atoms. The minimum atomic E-state index is -0.833. The highest BCUT2D eigenvalue weighted by Gasteiger charge is 2.63. The van der Waals surface area contributed by atoms with Crippen molar-refractivity contribution in [1.82, 2.24) is 4.90 Å². The molecule has 3 aromatic rings. The Kier molecular flexibility index (Phi) is 5.35. The summed E-state index contributed by atoms with van der Waals surface area (Å²) >= 11 is 0. The Labute approximate surface area is 207 Å². The van der Waals surface area contributed by atoms with Crippen molar-refractivity contribution in [1.29, 1.82) is 0 Å². The molecule has 0 radical (unpaired) electrons.